The van der Waals surface area contributed by atoms with Gasteiger partial charge >= 0.3 is 0 Å². The van der Waals surface area contributed by atoms with Crippen LogP contribution in [-0.4, -0.2) is 49.7 Å². The van der Waals surface area contributed by atoms with Crippen LogP contribution in [0.3, 0.4) is 0 Å². The van der Waals surface area contributed by atoms with E-state index in [0.29, 0.717) is 0 Å². The second-order valence-corrected chi connectivity index (χ2v) is 5.49. The van der Waals surface area contributed by atoms with Gasteiger partial charge < -0.3 is 15.1 Å². The highest BCUT2D eigenvalue weighted by atomic mass is 15.2. The smallest absolute Gasteiger partial charge is 0.130 e. The highest BCUT2D eigenvalue weighted by Gasteiger charge is 2.21. The summed E-state index contributed by atoms with van der Waals surface area (Å²) in [4.78, 5) is 9.44. The summed E-state index contributed by atoms with van der Waals surface area (Å²) >= 11 is 0. The second kappa shape index (κ2) is 6.75. The number of piperidine rings is 1. The molecule has 0 radical (unpaired) electrons. The van der Waals surface area contributed by atoms with E-state index in [-0.39, 0.29) is 0 Å². The maximum atomic E-state index is 4.71. The lowest BCUT2D eigenvalue weighted by molar-refractivity contribution is 0.249. The third-order valence-corrected chi connectivity index (χ3v) is 3.81. The van der Waals surface area contributed by atoms with E-state index in [2.05, 4.69) is 48.3 Å². The van der Waals surface area contributed by atoms with Crippen molar-refractivity contribution in [2.75, 3.05) is 43.9 Å². The first kappa shape index (κ1) is 14.1. The minimum atomic E-state index is 0.720. The number of aromatic nitrogens is 1. The highest BCUT2D eigenvalue weighted by molar-refractivity contribution is 5.47. The number of nitrogens with one attached hydrogen (secondary N) is 1. The first-order valence-electron chi connectivity index (χ1n) is 7.33. The van der Waals surface area contributed by atoms with E-state index < -0.39 is 0 Å². The van der Waals surface area contributed by atoms with E-state index in [1.165, 1.54) is 12.8 Å². The van der Waals surface area contributed by atoms with Crippen LogP contribution in [0, 0.1) is 0 Å². The summed E-state index contributed by atoms with van der Waals surface area (Å²) < 4.78 is 0. The van der Waals surface area contributed by atoms with E-state index in [1.807, 2.05) is 6.07 Å². The van der Waals surface area contributed by atoms with Crippen LogP contribution in [0.15, 0.2) is 18.2 Å². The van der Waals surface area contributed by atoms with Gasteiger partial charge in [0.05, 0.1) is 0 Å². The van der Waals surface area contributed by atoms with Gasteiger partial charge in [0, 0.05) is 25.7 Å². The number of rotatable bonds is 5. The summed E-state index contributed by atoms with van der Waals surface area (Å²) in [5.74, 6) is 2.10. The summed E-state index contributed by atoms with van der Waals surface area (Å²) in [7, 11) is 4.35. The van der Waals surface area contributed by atoms with Crippen LogP contribution in [0.1, 0.15) is 26.2 Å². The van der Waals surface area contributed by atoms with E-state index in [4.69, 9.17) is 4.98 Å². The molecule has 4 nitrogen and oxygen atoms in total. The molecule has 1 aliphatic rings. The van der Waals surface area contributed by atoms with E-state index in [1.54, 1.807) is 0 Å². The van der Waals surface area contributed by atoms with E-state index in [9.17, 15) is 0 Å². The maximum Gasteiger partial charge on any atom is 0.130 e. The standard InChI is InChI=1S/C15H26N4/c1-4-10-16-14-6-5-7-15(17-14)19-11-8-13(9-12-19)18(2)3/h5-7,13H,4,8-12H2,1-3H3,(H,16,17). The molecule has 0 spiro atoms. The third kappa shape index (κ3) is 3.83. The van der Waals surface area contributed by atoms with Crippen molar-refractivity contribution in [2.24, 2.45) is 0 Å². The van der Waals surface area contributed by atoms with Crippen molar-refractivity contribution in [3.63, 3.8) is 0 Å². The van der Waals surface area contributed by atoms with Gasteiger partial charge in [-0.2, -0.15) is 0 Å². The molecule has 0 aromatic carbocycles. The predicted molar refractivity (Wildman–Crippen MR) is 81.9 cm³/mol. The molecular weight excluding hydrogens is 236 g/mol. The van der Waals surface area contributed by atoms with Gasteiger partial charge in [-0.1, -0.05) is 13.0 Å². The van der Waals surface area contributed by atoms with Gasteiger partial charge in [-0.05, 0) is 45.5 Å². The molecule has 19 heavy (non-hydrogen) atoms. The molecule has 0 aliphatic carbocycles. The van der Waals surface area contributed by atoms with Crippen molar-refractivity contribution in [1.82, 2.24) is 9.88 Å². The Kier molecular flexibility index (Phi) is 5.02. The third-order valence-electron chi connectivity index (χ3n) is 3.81. The fourth-order valence-corrected chi connectivity index (χ4v) is 2.56. The molecule has 1 aliphatic heterocycles. The fourth-order valence-electron chi connectivity index (χ4n) is 2.56. The van der Waals surface area contributed by atoms with Gasteiger partial charge in [-0.15, -0.1) is 0 Å². The molecule has 4 heteroatoms. The molecule has 1 aromatic rings. The minimum absolute atomic E-state index is 0.720. The lowest BCUT2D eigenvalue weighted by Gasteiger charge is -2.35. The molecule has 1 saturated heterocycles. The maximum absolute atomic E-state index is 4.71. The number of hydrogen-bond donors (Lipinski definition) is 1. The summed E-state index contributed by atoms with van der Waals surface area (Å²) in [6.45, 7) is 5.36. The molecule has 106 valence electrons. The largest absolute Gasteiger partial charge is 0.370 e. The Morgan fingerprint density at radius 2 is 2.05 bits per heavy atom. The molecule has 0 amide bonds. The van der Waals surface area contributed by atoms with Gasteiger partial charge in [0.2, 0.25) is 0 Å². The summed E-state index contributed by atoms with van der Waals surface area (Å²) in [6.07, 6.45) is 3.57. The number of anilines is 2. The average molecular weight is 262 g/mol. The van der Waals surface area contributed by atoms with Crippen molar-refractivity contribution in [3.8, 4) is 0 Å². The zero-order chi connectivity index (χ0) is 13.7. The quantitative estimate of drug-likeness (QED) is 0.883. The van der Waals surface area contributed by atoms with Crippen LogP contribution in [0.4, 0.5) is 11.6 Å². The predicted octanol–water partition coefficient (Wildman–Crippen LogP) is 2.43. The van der Waals surface area contributed by atoms with Crippen molar-refractivity contribution >= 4 is 11.6 Å². The molecule has 1 aromatic heterocycles. The van der Waals surface area contributed by atoms with Crippen LogP contribution in [0.5, 0.6) is 0 Å². The van der Waals surface area contributed by atoms with Crippen molar-refractivity contribution in [1.29, 1.82) is 0 Å². The highest BCUT2D eigenvalue weighted by Crippen LogP contribution is 2.21. The Balaban J connectivity index is 1.95. The molecule has 1 N–H and O–H groups in total. The Labute approximate surface area is 116 Å². The van der Waals surface area contributed by atoms with Crippen LogP contribution in [0.2, 0.25) is 0 Å². The lowest BCUT2D eigenvalue weighted by Crippen LogP contribution is -2.42. The molecule has 1 fully saturated rings. The topological polar surface area (TPSA) is 31.4 Å². The van der Waals surface area contributed by atoms with E-state index in [0.717, 1.165) is 43.7 Å². The molecule has 0 bridgehead atoms. The zero-order valence-electron chi connectivity index (χ0n) is 12.4. The second-order valence-electron chi connectivity index (χ2n) is 5.49. The van der Waals surface area contributed by atoms with Crippen LogP contribution in [0.25, 0.3) is 0 Å². The fraction of sp³-hybridized carbons (Fsp3) is 0.667. The normalized spacial score (nSPS) is 16.9. The van der Waals surface area contributed by atoms with Gasteiger partial charge in [-0.3, -0.25) is 0 Å². The van der Waals surface area contributed by atoms with Crippen LogP contribution < -0.4 is 10.2 Å². The van der Waals surface area contributed by atoms with Crippen LogP contribution >= 0.6 is 0 Å². The van der Waals surface area contributed by atoms with Gasteiger partial charge in [0.1, 0.15) is 11.6 Å². The molecule has 0 unspecified atom stereocenters. The first-order chi connectivity index (χ1) is 9.20. The monoisotopic (exact) mass is 262 g/mol. The zero-order valence-corrected chi connectivity index (χ0v) is 12.4. The van der Waals surface area contributed by atoms with Crippen molar-refractivity contribution < 1.29 is 0 Å². The summed E-state index contributed by atoms with van der Waals surface area (Å²) in [5, 5.41) is 3.35. The number of nitrogens with zero attached hydrogens (tertiary/aromatic N) is 3. The molecular formula is C15H26N4. The molecule has 0 saturated carbocycles. The average Bonchev–Trinajstić information content (AvgIpc) is 2.45. The molecule has 0 atom stereocenters. The molecule has 2 heterocycles. The van der Waals surface area contributed by atoms with Gasteiger partial charge in [0.25, 0.3) is 0 Å². The van der Waals surface area contributed by atoms with Crippen LogP contribution in [-0.2, 0) is 0 Å². The Hall–Kier alpha value is -1.29. The Morgan fingerprint density at radius 1 is 1.32 bits per heavy atom. The van der Waals surface area contributed by atoms with Gasteiger partial charge in [-0.25, -0.2) is 4.98 Å². The van der Waals surface area contributed by atoms with Crippen molar-refractivity contribution in [3.05, 3.63) is 18.2 Å². The lowest BCUT2D eigenvalue weighted by atomic mass is 10.0. The minimum Gasteiger partial charge on any atom is -0.370 e. The number of hydrogen-bond acceptors (Lipinski definition) is 4. The SMILES string of the molecule is CCCNc1cccc(N2CCC(N(C)C)CC2)n1. The van der Waals surface area contributed by atoms with Crippen molar-refractivity contribution in [2.45, 2.75) is 32.2 Å². The molecule has 2 rings (SSSR count). The summed E-state index contributed by atoms with van der Waals surface area (Å²) in [6, 6.07) is 6.98. The van der Waals surface area contributed by atoms with Gasteiger partial charge in [0.15, 0.2) is 0 Å². The van der Waals surface area contributed by atoms with E-state index >= 15 is 0 Å². The number of pyridine rings is 1. The Bertz CT molecular complexity index is 383. The Morgan fingerprint density at radius 3 is 2.68 bits per heavy atom. The summed E-state index contributed by atoms with van der Waals surface area (Å²) in [5.41, 5.74) is 0. The first-order valence-corrected chi connectivity index (χ1v) is 7.33.